The van der Waals surface area contributed by atoms with Crippen molar-refractivity contribution in [1.82, 2.24) is 5.32 Å². The minimum Gasteiger partial charge on any atom is -0.316 e. The first-order valence-corrected chi connectivity index (χ1v) is 6.54. The number of hydrogen-bond donors (Lipinski definition) is 1. The van der Waals surface area contributed by atoms with Crippen molar-refractivity contribution < 1.29 is 0 Å². The molecular formula is C13H21NS. The summed E-state index contributed by atoms with van der Waals surface area (Å²) >= 11 is 1.98. The van der Waals surface area contributed by atoms with E-state index in [2.05, 4.69) is 43.4 Å². The predicted molar refractivity (Wildman–Crippen MR) is 69.4 cm³/mol. The molecule has 1 aromatic carbocycles. The fourth-order valence-corrected chi connectivity index (χ4v) is 2.83. The molecule has 0 aliphatic rings. The van der Waals surface area contributed by atoms with Crippen LogP contribution in [0.1, 0.15) is 32.3 Å². The second-order valence-corrected chi connectivity index (χ2v) is 5.41. The molecule has 1 rings (SSSR count). The van der Waals surface area contributed by atoms with Gasteiger partial charge in [0.1, 0.15) is 0 Å². The zero-order valence-electron chi connectivity index (χ0n) is 9.92. The molecule has 84 valence electrons. The van der Waals surface area contributed by atoms with Gasteiger partial charge >= 0.3 is 0 Å². The van der Waals surface area contributed by atoms with Crippen LogP contribution in [0.5, 0.6) is 0 Å². The Morgan fingerprint density at radius 1 is 1.40 bits per heavy atom. The second kappa shape index (κ2) is 6.91. The Balaban J connectivity index is 2.56. The lowest BCUT2D eigenvalue weighted by Crippen LogP contribution is -2.04. The van der Waals surface area contributed by atoms with E-state index in [-0.39, 0.29) is 0 Å². The number of benzene rings is 1. The lowest BCUT2D eigenvalue weighted by atomic mass is 10.2. The van der Waals surface area contributed by atoms with Gasteiger partial charge in [0.15, 0.2) is 0 Å². The Bertz CT molecular complexity index is 286. The third-order valence-corrected chi connectivity index (χ3v) is 3.48. The van der Waals surface area contributed by atoms with Crippen LogP contribution >= 0.6 is 11.8 Å². The molecule has 0 aliphatic carbocycles. The van der Waals surface area contributed by atoms with E-state index in [1.165, 1.54) is 23.3 Å². The van der Waals surface area contributed by atoms with Crippen LogP contribution < -0.4 is 5.32 Å². The molecule has 0 aliphatic heterocycles. The predicted octanol–water partition coefficient (Wildman–Crippen LogP) is 3.69. The zero-order chi connectivity index (χ0) is 11.1. The summed E-state index contributed by atoms with van der Waals surface area (Å²) in [5, 5.41) is 3.90. The Hall–Kier alpha value is -0.470. The maximum Gasteiger partial charge on any atom is 0.0202 e. The number of rotatable bonds is 6. The van der Waals surface area contributed by atoms with Crippen LogP contribution in [0, 0.1) is 0 Å². The van der Waals surface area contributed by atoms with Crippen molar-refractivity contribution in [3.05, 3.63) is 29.8 Å². The van der Waals surface area contributed by atoms with E-state index < -0.39 is 0 Å². The maximum absolute atomic E-state index is 3.18. The first-order chi connectivity index (χ1) is 7.26. The average molecular weight is 223 g/mol. The molecule has 0 amide bonds. The van der Waals surface area contributed by atoms with Gasteiger partial charge in [-0.15, -0.1) is 11.8 Å². The topological polar surface area (TPSA) is 12.0 Å². The van der Waals surface area contributed by atoms with Gasteiger partial charge in [0.25, 0.3) is 0 Å². The van der Waals surface area contributed by atoms with E-state index >= 15 is 0 Å². The summed E-state index contributed by atoms with van der Waals surface area (Å²) in [4.78, 5) is 1.39. The molecule has 1 N–H and O–H groups in total. The van der Waals surface area contributed by atoms with E-state index in [0.29, 0.717) is 0 Å². The van der Waals surface area contributed by atoms with Gasteiger partial charge in [-0.25, -0.2) is 0 Å². The van der Waals surface area contributed by atoms with Gasteiger partial charge in [0.05, 0.1) is 0 Å². The van der Waals surface area contributed by atoms with Gasteiger partial charge in [-0.05, 0) is 31.2 Å². The zero-order valence-corrected chi connectivity index (χ0v) is 10.7. The molecule has 2 heteroatoms. The summed E-state index contributed by atoms with van der Waals surface area (Å²) in [5.41, 5.74) is 1.37. The fraction of sp³-hybridized carbons (Fsp3) is 0.538. The molecule has 0 fully saturated rings. The van der Waals surface area contributed by atoms with Crippen molar-refractivity contribution in [1.29, 1.82) is 0 Å². The van der Waals surface area contributed by atoms with Crippen LogP contribution in [0.4, 0.5) is 0 Å². The van der Waals surface area contributed by atoms with Gasteiger partial charge in [0, 0.05) is 16.7 Å². The molecule has 0 aromatic heterocycles. The van der Waals surface area contributed by atoms with E-state index in [9.17, 15) is 0 Å². The number of nitrogens with one attached hydrogen (secondary N) is 1. The minimum absolute atomic E-state index is 0.722. The molecule has 1 aromatic rings. The molecule has 0 radical (unpaired) electrons. The van der Waals surface area contributed by atoms with E-state index in [0.717, 1.165) is 11.8 Å². The van der Waals surface area contributed by atoms with Crippen LogP contribution in [0.2, 0.25) is 0 Å². The average Bonchev–Trinajstić information content (AvgIpc) is 2.19. The normalized spacial score (nSPS) is 12.7. The molecule has 0 saturated heterocycles. The van der Waals surface area contributed by atoms with Crippen molar-refractivity contribution in [3.8, 4) is 0 Å². The van der Waals surface area contributed by atoms with Crippen LogP contribution in [0.15, 0.2) is 29.2 Å². The van der Waals surface area contributed by atoms with E-state index in [1.807, 2.05) is 18.8 Å². The fourth-order valence-electron chi connectivity index (χ4n) is 1.63. The minimum atomic E-state index is 0.722. The molecular weight excluding hydrogens is 202 g/mol. The number of hydrogen-bond acceptors (Lipinski definition) is 2. The van der Waals surface area contributed by atoms with Gasteiger partial charge in [-0.2, -0.15) is 0 Å². The summed E-state index contributed by atoms with van der Waals surface area (Å²) in [7, 11) is 1.99. The van der Waals surface area contributed by atoms with Gasteiger partial charge in [-0.3, -0.25) is 0 Å². The highest BCUT2D eigenvalue weighted by atomic mass is 32.2. The molecule has 0 spiro atoms. The van der Waals surface area contributed by atoms with Crippen molar-refractivity contribution in [2.45, 2.75) is 43.4 Å². The van der Waals surface area contributed by atoms with Crippen LogP contribution in [-0.4, -0.2) is 12.3 Å². The molecule has 0 heterocycles. The molecule has 1 nitrogen and oxygen atoms in total. The number of thioether (sulfide) groups is 1. The molecule has 0 saturated carbocycles. The van der Waals surface area contributed by atoms with Gasteiger partial charge in [-0.1, -0.05) is 32.4 Å². The Morgan fingerprint density at radius 2 is 2.20 bits per heavy atom. The quantitative estimate of drug-likeness (QED) is 0.738. The molecule has 0 bridgehead atoms. The highest BCUT2D eigenvalue weighted by molar-refractivity contribution is 7.99. The lowest BCUT2D eigenvalue weighted by Gasteiger charge is -2.10. The monoisotopic (exact) mass is 223 g/mol. The third-order valence-electron chi connectivity index (χ3n) is 2.31. The summed E-state index contributed by atoms with van der Waals surface area (Å²) < 4.78 is 0. The highest BCUT2D eigenvalue weighted by Gasteiger charge is 2.03. The van der Waals surface area contributed by atoms with E-state index in [1.54, 1.807) is 0 Å². The summed E-state index contributed by atoms with van der Waals surface area (Å²) in [6.07, 6.45) is 2.56. The first-order valence-electron chi connectivity index (χ1n) is 5.66. The second-order valence-electron chi connectivity index (χ2n) is 3.89. The highest BCUT2D eigenvalue weighted by Crippen LogP contribution is 2.26. The SMILES string of the molecule is CCCC(C)Sc1cccc(CNC)c1. The first kappa shape index (κ1) is 12.6. The molecule has 1 atom stereocenters. The molecule has 1 unspecified atom stereocenters. The Morgan fingerprint density at radius 3 is 2.87 bits per heavy atom. The smallest absolute Gasteiger partial charge is 0.0202 e. The lowest BCUT2D eigenvalue weighted by molar-refractivity contribution is 0.786. The largest absolute Gasteiger partial charge is 0.316 e. The Kier molecular flexibility index (Phi) is 5.81. The summed E-state index contributed by atoms with van der Waals surface area (Å²) in [6, 6.07) is 8.81. The summed E-state index contributed by atoms with van der Waals surface area (Å²) in [6.45, 7) is 5.50. The standard InChI is InChI=1S/C13H21NS/c1-4-6-11(2)15-13-8-5-7-12(9-13)10-14-3/h5,7-9,11,14H,4,6,10H2,1-3H3. The summed E-state index contributed by atoms with van der Waals surface area (Å²) in [5.74, 6) is 0. The van der Waals surface area contributed by atoms with Gasteiger partial charge in [0.2, 0.25) is 0 Å². The van der Waals surface area contributed by atoms with Crippen molar-refractivity contribution in [3.63, 3.8) is 0 Å². The van der Waals surface area contributed by atoms with E-state index in [4.69, 9.17) is 0 Å². The third kappa shape index (κ3) is 4.72. The van der Waals surface area contributed by atoms with Crippen LogP contribution in [-0.2, 0) is 6.54 Å². The van der Waals surface area contributed by atoms with Crippen molar-refractivity contribution >= 4 is 11.8 Å². The van der Waals surface area contributed by atoms with Gasteiger partial charge < -0.3 is 5.32 Å². The molecule has 15 heavy (non-hydrogen) atoms. The van der Waals surface area contributed by atoms with Crippen LogP contribution in [0.25, 0.3) is 0 Å². The Labute approximate surface area is 97.7 Å². The van der Waals surface area contributed by atoms with Crippen LogP contribution in [0.3, 0.4) is 0 Å². The van der Waals surface area contributed by atoms with Crippen molar-refractivity contribution in [2.75, 3.05) is 7.05 Å². The van der Waals surface area contributed by atoms with Crippen molar-refractivity contribution in [2.24, 2.45) is 0 Å². The maximum atomic E-state index is 3.18.